The number of carbonyl (C=O) groups excluding carboxylic acids is 3. The highest BCUT2D eigenvalue weighted by atomic mass is 32.1. The molecule has 1 aromatic carbocycles. The van der Waals surface area contributed by atoms with Gasteiger partial charge in [-0.2, -0.15) is 0 Å². The molecule has 0 aliphatic heterocycles. The predicted octanol–water partition coefficient (Wildman–Crippen LogP) is 2.53. The highest BCUT2D eigenvalue weighted by Crippen LogP contribution is 2.24. The molecule has 0 fully saturated rings. The first kappa shape index (κ1) is 24.9. The molecule has 9 nitrogen and oxygen atoms in total. The number of rotatable bonds is 9. The predicted molar refractivity (Wildman–Crippen MR) is 98.0 cm³/mol. The minimum Gasteiger partial charge on any atom is -0.444 e. The Kier molecular flexibility index (Phi) is 8.83. The van der Waals surface area contributed by atoms with Crippen molar-refractivity contribution in [3.63, 3.8) is 0 Å². The molecule has 1 aromatic heterocycles. The molecule has 2 aromatic rings. The number of hydrogen-bond acceptors (Lipinski definition) is 7. The van der Waals surface area contributed by atoms with Gasteiger partial charge in [0, 0.05) is 18.3 Å². The zero-order valence-electron chi connectivity index (χ0n) is 15.9. The minimum absolute atomic E-state index is 0.00860. The second-order valence-corrected chi connectivity index (χ2v) is 6.92. The largest absolute Gasteiger partial charge is 0.444 e. The van der Waals surface area contributed by atoms with Crippen LogP contribution in [-0.4, -0.2) is 34.6 Å². The Bertz CT molecular complexity index is 990. The molecule has 0 saturated heterocycles. The van der Waals surface area contributed by atoms with E-state index in [4.69, 9.17) is 5.21 Å². The molecule has 32 heavy (non-hydrogen) atoms. The quantitative estimate of drug-likeness (QED) is 0.109. The van der Waals surface area contributed by atoms with Gasteiger partial charge in [-0.3, -0.25) is 20.1 Å². The lowest BCUT2D eigenvalue weighted by Gasteiger charge is -2.09. The molecule has 1 heterocycles. The number of ether oxygens (including phenoxy) is 1. The first-order valence-electron chi connectivity index (χ1n) is 8.72. The number of halogens is 5. The number of carbonyl (C=O) groups is 3. The summed E-state index contributed by atoms with van der Waals surface area (Å²) in [7, 11) is 0. The summed E-state index contributed by atoms with van der Waals surface area (Å²) < 4.78 is 70.9. The summed E-state index contributed by atoms with van der Waals surface area (Å²) in [4.78, 5) is 38.3. The van der Waals surface area contributed by atoms with Crippen molar-refractivity contribution >= 4 is 34.4 Å². The van der Waals surface area contributed by atoms with Crippen molar-refractivity contribution in [2.45, 2.75) is 25.9 Å². The van der Waals surface area contributed by atoms with Crippen LogP contribution in [-0.2, 0) is 27.4 Å². The molecule has 174 valence electrons. The normalized spacial score (nSPS) is 10.6. The molecule has 0 bridgehead atoms. The average Bonchev–Trinajstić information content (AvgIpc) is 3.19. The Balaban J connectivity index is 1.83. The second-order valence-electron chi connectivity index (χ2n) is 6.06. The Morgan fingerprint density at radius 3 is 2.25 bits per heavy atom. The van der Waals surface area contributed by atoms with Gasteiger partial charge in [-0.25, -0.2) is 37.2 Å². The van der Waals surface area contributed by atoms with E-state index in [9.17, 15) is 36.3 Å². The summed E-state index contributed by atoms with van der Waals surface area (Å²) in [6.07, 6.45) is -1.14. The van der Waals surface area contributed by atoms with Crippen LogP contribution < -0.4 is 16.1 Å². The van der Waals surface area contributed by atoms with Crippen LogP contribution in [0.15, 0.2) is 5.38 Å². The Morgan fingerprint density at radius 1 is 1.00 bits per heavy atom. The third-order valence-electron chi connectivity index (χ3n) is 3.78. The van der Waals surface area contributed by atoms with Crippen molar-refractivity contribution in [1.82, 2.24) is 15.8 Å². The van der Waals surface area contributed by atoms with Crippen LogP contribution >= 0.6 is 11.3 Å². The molecule has 3 amide bonds. The number of thiazole rings is 1. The van der Waals surface area contributed by atoms with Gasteiger partial charge in [0.15, 0.2) is 28.4 Å². The monoisotopic (exact) mass is 482 g/mol. The van der Waals surface area contributed by atoms with Crippen LogP contribution in [0, 0.1) is 29.1 Å². The van der Waals surface area contributed by atoms with Gasteiger partial charge in [-0.05, 0) is 6.42 Å². The maximum Gasteiger partial charge on any atom is 0.413 e. The van der Waals surface area contributed by atoms with Gasteiger partial charge >= 0.3 is 6.09 Å². The Hall–Kier alpha value is -3.33. The standard InChI is InChI=1S/C17H15F5N4O5S/c18-11-8(12(19)14(21)15(22)13(11)20)5-31-17(29)25-16-24-7(6-32-16)4-10(28)23-3-1-2-9(27)26-30/h6,30H,1-5H2,(H,23,28)(H,26,27)(H,24,25,29). The van der Waals surface area contributed by atoms with Gasteiger partial charge in [0.1, 0.15) is 6.61 Å². The molecule has 0 aliphatic carbocycles. The maximum absolute atomic E-state index is 13.6. The first-order valence-corrected chi connectivity index (χ1v) is 9.60. The molecule has 0 atom stereocenters. The summed E-state index contributed by atoms with van der Waals surface area (Å²) in [5, 5.41) is 14.3. The van der Waals surface area contributed by atoms with Crippen LogP contribution in [0.2, 0.25) is 0 Å². The topological polar surface area (TPSA) is 130 Å². The first-order chi connectivity index (χ1) is 15.1. The van der Waals surface area contributed by atoms with Crippen molar-refractivity contribution in [2.75, 3.05) is 11.9 Å². The van der Waals surface area contributed by atoms with Crippen LogP contribution in [0.3, 0.4) is 0 Å². The van der Waals surface area contributed by atoms with E-state index in [2.05, 4.69) is 20.4 Å². The molecule has 15 heteroatoms. The molecular weight excluding hydrogens is 467 g/mol. The van der Waals surface area contributed by atoms with Crippen molar-refractivity contribution < 1.29 is 46.3 Å². The summed E-state index contributed by atoms with van der Waals surface area (Å²) in [5.74, 6) is -11.9. The van der Waals surface area contributed by atoms with Gasteiger partial charge in [-0.1, -0.05) is 0 Å². The van der Waals surface area contributed by atoms with E-state index in [0.29, 0.717) is 0 Å². The summed E-state index contributed by atoms with van der Waals surface area (Å²) >= 11 is 0.888. The van der Waals surface area contributed by atoms with E-state index >= 15 is 0 Å². The molecular formula is C17H15F5N4O5S. The lowest BCUT2D eigenvalue weighted by molar-refractivity contribution is -0.129. The fourth-order valence-corrected chi connectivity index (χ4v) is 2.94. The van der Waals surface area contributed by atoms with Gasteiger partial charge in [0.2, 0.25) is 17.6 Å². The smallest absolute Gasteiger partial charge is 0.413 e. The molecule has 0 saturated carbocycles. The van der Waals surface area contributed by atoms with Gasteiger partial charge in [-0.15, -0.1) is 11.3 Å². The number of nitrogens with one attached hydrogen (secondary N) is 3. The molecule has 0 spiro atoms. The SMILES string of the molecule is O=C(CCCNC(=O)Cc1csc(NC(=O)OCc2c(F)c(F)c(F)c(F)c2F)n1)NO. The molecule has 2 rings (SSSR count). The number of benzene rings is 1. The van der Waals surface area contributed by atoms with E-state index in [1.807, 2.05) is 0 Å². The number of hydrogen-bond donors (Lipinski definition) is 4. The minimum atomic E-state index is -2.33. The van der Waals surface area contributed by atoms with E-state index in [-0.39, 0.29) is 36.6 Å². The number of hydroxylamine groups is 1. The van der Waals surface area contributed by atoms with Crippen molar-refractivity contribution in [2.24, 2.45) is 0 Å². The fourth-order valence-electron chi connectivity index (χ4n) is 2.24. The average molecular weight is 482 g/mol. The number of anilines is 1. The Morgan fingerprint density at radius 2 is 1.62 bits per heavy atom. The molecule has 0 unspecified atom stereocenters. The third kappa shape index (κ3) is 6.58. The number of aromatic nitrogens is 1. The van der Waals surface area contributed by atoms with E-state index in [1.54, 1.807) is 0 Å². The van der Waals surface area contributed by atoms with Gasteiger partial charge in [0.05, 0.1) is 17.7 Å². The van der Waals surface area contributed by atoms with Crippen LogP contribution in [0.5, 0.6) is 0 Å². The maximum atomic E-state index is 13.6. The van der Waals surface area contributed by atoms with Crippen molar-refractivity contribution in [3.8, 4) is 0 Å². The zero-order valence-corrected chi connectivity index (χ0v) is 16.8. The molecule has 4 N–H and O–H groups in total. The third-order valence-corrected chi connectivity index (χ3v) is 4.58. The van der Waals surface area contributed by atoms with E-state index < -0.39 is 59.2 Å². The van der Waals surface area contributed by atoms with E-state index in [0.717, 1.165) is 11.3 Å². The van der Waals surface area contributed by atoms with Crippen molar-refractivity contribution in [1.29, 1.82) is 0 Å². The number of amides is 3. The highest BCUT2D eigenvalue weighted by Gasteiger charge is 2.26. The number of nitrogens with zero attached hydrogens (tertiary/aromatic N) is 1. The fraction of sp³-hybridized carbons (Fsp3) is 0.294. The van der Waals surface area contributed by atoms with Crippen LogP contribution in [0.25, 0.3) is 0 Å². The molecule has 0 aliphatic rings. The van der Waals surface area contributed by atoms with Crippen molar-refractivity contribution in [3.05, 3.63) is 45.7 Å². The molecule has 0 radical (unpaired) electrons. The second kappa shape index (κ2) is 11.3. The van der Waals surface area contributed by atoms with Crippen LogP contribution in [0.1, 0.15) is 24.1 Å². The van der Waals surface area contributed by atoms with Gasteiger partial charge in [0.25, 0.3) is 0 Å². The van der Waals surface area contributed by atoms with Crippen LogP contribution in [0.4, 0.5) is 31.9 Å². The lowest BCUT2D eigenvalue weighted by Crippen LogP contribution is -2.27. The summed E-state index contributed by atoms with van der Waals surface area (Å²) in [5.41, 5.74) is 0.396. The van der Waals surface area contributed by atoms with Gasteiger partial charge < -0.3 is 10.1 Å². The Labute approximate surface area is 180 Å². The zero-order chi connectivity index (χ0) is 23.8. The summed E-state index contributed by atoms with van der Waals surface area (Å²) in [6, 6.07) is 0. The highest BCUT2D eigenvalue weighted by molar-refractivity contribution is 7.13. The lowest BCUT2D eigenvalue weighted by atomic mass is 10.2. The van der Waals surface area contributed by atoms with E-state index in [1.165, 1.54) is 10.9 Å². The summed E-state index contributed by atoms with van der Waals surface area (Å²) in [6.45, 7) is -1.06.